The maximum atomic E-state index is 2.28. The van der Waals surface area contributed by atoms with Gasteiger partial charge < -0.3 is 9.47 Å². The summed E-state index contributed by atoms with van der Waals surface area (Å²) in [6.07, 6.45) is 2.13. The molecule has 1 heterocycles. The van der Waals surface area contributed by atoms with E-state index in [1.807, 2.05) is 12.1 Å². The van der Waals surface area contributed by atoms with Crippen LogP contribution < -0.4 is 4.90 Å². The van der Waals surface area contributed by atoms with E-state index >= 15 is 0 Å². The summed E-state index contributed by atoms with van der Waals surface area (Å²) in [7, 11) is 0. The second kappa shape index (κ2) is 7.09. The van der Waals surface area contributed by atoms with Crippen LogP contribution in [0.2, 0.25) is 0 Å². The second-order valence-electron chi connectivity index (χ2n) is 6.77. The zero-order chi connectivity index (χ0) is 18.8. The normalized spacial score (nSPS) is 10.9. The molecule has 4 aromatic carbocycles. The molecule has 2 heteroatoms. The van der Waals surface area contributed by atoms with E-state index in [-0.39, 0.29) is 0 Å². The van der Waals surface area contributed by atoms with Gasteiger partial charge in [-0.2, -0.15) is 0 Å². The van der Waals surface area contributed by atoms with Gasteiger partial charge in [-0.15, -0.1) is 0 Å². The molecule has 0 bridgehead atoms. The Morgan fingerprint density at radius 1 is 0.464 bits per heavy atom. The molecule has 5 aromatic rings. The first kappa shape index (κ1) is 16.4. The Balaban J connectivity index is 1.57. The van der Waals surface area contributed by atoms with Gasteiger partial charge in [0.25, 0.3) is 0 Å². The summed E-state index contributed by atoms with van der Waals surface area (Å²) in [4.78, 5) is 2.28. The van der Waals surface area contributed by atoms with Crippen molar-refractivity contribution in [2.24, 2.45) is 0 Å². The summed E-state index contributed by atoms with van der Waals surface area (Å²) in [6, 6.07) is 40.3. The van der Waals surface area contributed by atoms with Gasteiger partial charge in [-0.05, 0) is 66.0 Å². The van der Waals surface area contributed by atoms with Crippen LogP contribution in [0.4, 0.5) is 17.1 Å². The summed E-state index contributed by atoms with van der Waals surface area (Å²) >= 11 is 0. The van der Waals surface area contributed by atoms with E-state index in [9.17, 15) is 0 Å². The zero-order valence-corrected chi connectivity index (χ0v) is 15.4. The van der Waals surface area contributed by atoms with Crippen LogP contribution >= 0.6 is 0 Å². The van der Waals surface area contributed by atoms with Gasteiger partial charge in [0.15, 0.2) is 0 Å². The minimum atomic E-state index is 1.14. The van der Waals surface area contributed by atoms with Gasteiger partial charge in [0.1, 0.15) is 0 Å². The van der Waals surface area contributed by atoms with Gasteiger partial charge >= 0.3 is 0 Å². The topological polar surface area (TPSA) is 8.17 Å². The lowest BCUT2D eigenvalue weighted by Gasteiger charge is -2.25. The molecule has 0 unspecified atom stereocenters. The van der Waals surface area contributed by atoms with Crippen LogP contribution in [0.3, 0.4) is 0 Å². The number of fused-ring (bicyclic) bond motifs is 1. The average Bonchev–Trinajstić information content (AvgIpc) is 3.20. The summed E-state index contributed by atoms with van der Waals surface area (Å²) in [5, 5.41) is 1.25. The van der Waals surface area contributed by atoms with E-state index < -0.39 is 0 Å². The Hall–Kier alpha value is -3.78. The van der Waals surface area contributed by atoms with Gasteiger partial charge in [-0.25, -0.2) is 0 Å². The van der Waals surface area contributed by atoms with Crippen molar-refractivity contribution in [3.8, 4) is 5.69 Å². The quantitative estimate of drug-likeness (QED) is 0.332. The van der Waals surface area contributed by atoms with E-state index in [2.05, 4.69) is 119 Å². The molecule has 0 spiro atoms. The lowest BCUT2D eigenvalue weighted by molar-refractivity contribution is 1.12. The summed E-state index contributed by atoms with van der Waals surface area (Å²) in [5.41, 5.74) is 5.81. The van der Waals surface area contributed by atoms with Crippen molar-refractivity contribution in [3.63, 3.8) is 0 Å². The van der Waals surface area contributed by atoms with Crippen molar-refractivity contribution in [2.75, 3.05) is 4.90 Å². The van der Waals surface area contributed by atoms with Crippen LogP contribution in [0.1, 0.15) is 0 Å². The lowest BCUT2D eigenvalue weighted by Crippen LogP contribution is -2.09. The van der Waals surface area contributed by atoms with Crippen molar-refractivity contribution in [3.05, 3.63) is 121 Å². The second-order valence-corrected chi connectivity index (χ2v) is 6.77. The third-order valence-corrected chi connectivity index (χ3v) is 5.01. The van der Waals surface area contributed by atoms with Gasteiger partial charge in [0.05, 0.1) is 5.52 Å². The zero-order valence-electron chi connectivity index (χ0n) is 15.4. The minimum Gasteiger partial charge on any atom is -0.317 e. The van der Waals surface area contributed by atoms with E-state index in [4.69, 9.17) is 0 Å². The molecular weight excluding hydrogens is 340 g/mol. The molecule has 0 saturated heterocycles. The van der Waals surface area contributed by atoms with E-state index in [1.54, 1.807) is 0 Å². The predicted molar refractivity (Wildman–Crippen MR) is 118 cm³/mol. The highest BCUT2D eigenvalue weighted by Gasteiger charge is 2.12. The first-order chi connectivity index (χ1) is 13.9. The molecule has 0 aliphatic rings. The molecule has 0 amide bonds. The third kappa shape index (κ3) is 2.95. The fraction of sp³-hybridized carbons (Fsp3) is 0. The number of hydrogen-bond acceptors (Lipinski definition) is 1. The molecule has 28 heavy (non-hydrogen) atoms. The molecule has 2 nitrogen and oxygen atoms in total. The number of para-hydroxylation sites is 3. The first-order valence-corrected chi connectivity index (χ1v) is 9.47. The van der Waals surface area contributed by atoms with E-state index in [0.29, 0.717) is 0 Å². The number of anilines is 3. The van der Waals surface area contributed by atoms with E-state index in [1.165, 1.54) is 10.9 Å². The largest absolute Gasteiger partial charge is 0.317 e. The molecule has 5 rings (SSSR count). The number of rotatable bonds is 4. The summed E-state index contributed by atoms with van der Waals surface area (Å²) in [5.74, 6) is 0. The summed E-state index contributed by atoms with van der Waals surface area (Å²) < 4.78 is 2.23. The molecule has 0 fully saturated rings. The first-order valence-electron chi connectivity index (χ1n) is 9.47. The lowest BCUT2D eigenvalue weighted by atomic mass is 10.2. The number of aromatic nitrogens is 1. The number of benzene rings is 4. The van der Waals surface area contributed by atoms with Crippen LogP contribution in [0.15, 0.2) is 121 Å². The average molecular weight is 360 g/mol. The van der Waals surface area contributed by atoms with Crippen molar-refractivity contribution in [1.29, 1.82) is 0 Å². The van der Waals surface area contributed by atoms with Crippen molar-refractivity contribution in [1.82, 2.24) is 4.57 Å². The van der Waals surface area contributed by atoms with Crippen LogP contribution in [0.25, 0.3) is 16.6 Å². The van der Waals surface area contributed by atoms with Crippen molar-refractivity contribution in [2.45, 2.75) is 0 Å². The molecular formula is C26H20N2. The Labute approximate surface area is 164 Å². The highest BCUT2D eigenvalue weighted by atomic mass is 15.1. The maximum Gasteiger partial charge on any atom is 0.0528 e. The van der Waals surface area contributed by atoms with Crippen LogP contribution in [-0.2, 0) is 0 Å². The van der Waals surface area contributed by atoms with Gasteiger partial charge in [-0.1, -0.05) is 54.6 Å². The highest BCUT2D eigenvalue weighted by molar-refractivity contribution is 5.82. The Morgan fingerprint density at radius 3 is 1.64 bits per heavy atom. The number of nitrogens with zero attached hydrogens (tertiary/aromatic N) is 2. The van der Waals surface area contributed by atoms with Crippen LogP contribution in [-0.4, -0.2) is 4.57 Å². The minimum absolute atomic E-state index is 1.14. The SMILES string of the molecule is c1ccc(N(c2ccccc2)c2ccc(-n3ccc4ccccc43)cc2)cc1. The monoisotopic (exact) mass is 360 g/mol. The standard InChI is InChI=1S/C26H20N2/c1-3-10-23(11-4-1)28(24-12-5-2-6-13-24)25-17-15-22(16-18-25)27-20-19-21-9-7-8-14-26(21)27/h1-20H. The maximum absolute atomic E-state index is 2.28. The molecule has 134 valence electrons. The van der Waals surface area contributed by atoms with Crippen molar-refractivity contribution >= 4 is 28.0 Å². The van der Waals surface area contributed by atoms with Crippen LogP contribution in [0, 0.1) is 0 Å². The molecule has 0 N–H and O–H groups in total. The highest BCUT2D eigenvalue weighted by Crippen LogP contribution is 2.34. The predicted octanol–water partition coefficient (Wildman–Crippen LogP) is 7.10. The Bertz CT molecular complexity index is 1150. The van der Waals surface area contributed by atoms with E-state index in [0.717, 1.165) is 22.7 Å². The van der Waals surface area contributed by atoms with Crippen molar-refractivity contribution < 1.29 is 0 Å². The fourth-order valence-electron chi connectivity index (χ4n) is 3.67. The smallest absolute Gasteiger partial charge is 0.0528 e. The molecule has 0 saturated carbocycles. The summed E-state index contributed by atoms with van der Waals surface area (Å²) in [6.45, 7) is 0. The van der Waals surface area contributed by atoms with Crippen LogP contribution in [0.5, 0.6) is 0 Å². The molecule has 0 aliphatic carbocycles. The fourth-order valence-corrected chi connectivity index (χ4v) is 3.67. The number of hydrogen-bond donors (Lipinski definition) is 0. The molecule has 0 radical (unpaired) electrons. The van der Waals surface area contributed by atoms with Gasteiger partial charge in [-0.3, -0.25) is 0 Å². The molecule has 1 aromatic heterocycles. The van der Waals surface area contributed by atoms with Gasteiger partial charge in [0.2, 0.25) is 0 Å². The van der Waals surface area contributed by atoms with Gasteiger partial charge in [0, 0.05) is 28.9 Å². The molecule has 0 aliphatic heterocycles. The third-order valence-electron chi connectivity index (χ3n) is 5.01. The Morgan fingerprint density at radius 2 is 1.00 bits per heavy atom. The molecule has 0 atom stereocenters. The Kier molecular flexibility index (Phi) is 4.15.